The number of benzene rings is 2. The van der Waals surface area contributed by atoms with Crippen LogP contribution in [0.5, 0.6) is 0 Å². The quantitative estimate of drug-likeness (QED) is 0.545. The second-order valence-corrected chi connectivity index (χ2v) is 11.6. The van der Waals surface area contributed by atoms with Crippen LogP contribution in [0.3, 0.4) is 0 Å². The van der Waals surface area contributed by atoms with E-state index >= 15 is 0 Å². The maximum Gasteiger partial charge on any atom is 0.322 e. The van der Waals surface area contributed by atoms with Crippen LogP contribution in [0, 0.1) is 5.92 Å². The third-order valence-electron chi connectivity index (χ3n) is 8.06. The van der Waals surface area contributed by atoms with Gasteiger partial charge in [-0.25, -0.2) is 9.78 Å². The highest BCUT2D eigenvalue weighted by Gasteiger charge is 2.56. The Labute approximate surface area is 220 Å². The monoisotopic (exact) mass is 517 g/mol. The number of urea groups is 1. The average molecular weight is 518 g/mol. The molecule has 6 rings (SSSR count). The zero-order chi connectivity index (χ0) is 25.8. The number of carbonyl (C=O) groups is 3. The Bertz CT molecular complexity index is 1340. The standard InChI is InChI=1S/C28H31N5O3S/c1-16(2)18-8-10-19(11-9-18)29-27(36)31-14-13-22(31)26(35)32-15-12-21-24(32)17(3)25(34)33(21)28-30-20-6-4-5-7-23(20)37-28/h4-11,16-17,21-22,24H,12-15H2,1-3H3,(H,29,36)/t17-,21-,22-,24+/m0/s1. The Kier molecular flexibility index (Phi) is 5.90. The van der Waals surface area contributed by atoms with Gasteiger partial charge in [0.25, 0.3) is 0 Å². The number of amides is 4. The summed E-state index contributed by atoms with van der Waals surface area (Å²) in [7, 11) is 0. The molecule has 1 N–H and O–H groups in total. The summed E-state index contributed by atoms with van der Waals surface area (Å²) in [6.07, 6.45) is 1.35. The van der Waals surface area contributed by atoms with E-state index in [0.717, 1.165) is 15.9 Å². The normalized spacial score (nSPS) is 25.1. The lowest BCUT2D eigenvalue weighted by molar-refractivity contribution is -0.141. The highest BCUT2D eigenvalue weighted by atomic mass is 32.1. The van der Waals surface area contributed by atoms with Crippen molar-refractivity contribution in [2.75, 3.05) is 23.3 Å². The maximum atomic E-state index is 13.7. The molecule has 3 saturated heterocycles. The van der Waals surface area contributed by atoms with Crippen molar-refractivity contribution in [3.05, 3.63) is 54.1 Å². The molecule has 3 aromatic rings. The van der Waals surface area contributed by atoms with Crippen LogP contribution in [0.15, 0.2) is 48.5 Å². The molecule has 4 amide bonds. The number of nitrogens with zero attached hydrogens (tertiary/aromatic N) is 4. The minimum absolute atomic E-state index is 0.0135. The van der Waals surface area contributed by atoms with Gasteiger partial charge in [0.2, 0.25) is 11.8 Å². The molecule has 8 nitrogen and oxygen atoms in total. The number of fused-ring (bicyclic) bond motifs is 2. The molecule has 0 spiro atoms. The molecule has 0 saturated carbocycles. The Balaban J connectivity index is 1.16. The fourth-order valence-corrected chi connectivity index (χ4v) is 6.92. The number of likely N-dealkylation sites (tertiary alicyclic amines) is 2. The van der Waals surface area contributed by atoms with Gasteiger partial charge in [-0.15, -0.1) is 0 Å². The number of hydrogen-bond acceptors (Lipinski definition) is 5. The molecule has 3 fully saturated rings. The van der Waals surface area contributed by atoms with Crippen LogP contribution in [-0.4, -0.2) is 63.8 Å². The number of nitrogens with one attached hydrogen (secondary N) is 1. The van der Waals surface area contributed by atoms with Gasteiger partial charge >= 0.3 is 6.03 Å². The van der Waals surface area contributed by atoms with Crippen LogP contribution in [0.25, 0.3) is 10.2 Å². The number of rotatable bonds is 4. The van der Waals surface area contributed by atoms with Crippen molar-refractivity contribution in [3.63, 3.8) is 0 Å². The predicted octanol–water partition coefficient (Wildman–Crippen LogP) is 4.68. The molecule has 0 unspecified atom stereocenters. The van der Waals surface area contributed by atoms with E-state index in [1.807, 2.05) is 65.3 Å². The van der Waals surface area contributed by atoms with Gasteiger partial charge in [0.1, 0.15) is 6.04 Å². The first-order valence-electron chi connectivity index (χ1n) is 13.0. The third-order valence-corrected chi connectivity index (χ3v) is 9.09. The van der Waals surface area contributed by atoms with E-state index in [2.05, 4.69) is 19.2 Å². The molecule has 3 aliphatic rings. The van der Waals surface area contributed by atoms with Gasteiger partial charge in [0.15, 0.2) is 5.13 Å². The Morgan fingerprint density at radius 1 is 1.03 bits per heavy atom. The highest BCUT2D eigenvalue weighted by Crippen LogP contribution is 2.42. The van der Waals surface area contributed by atoms with Crippen LogP contribution in [0.1, 0.15) is 45.1 Å². The smallest absolute Gasteiger partial charge is 0.322 e. The van der Waals surface area contributed by atoms with E-state index in [1.54, 1.807) is 4.90 Å². The van der Waals surface area contributed by atoms with E-state index in [9.17, 15) is 14.4 Å². The number of thiazole rings is 1. The summed E-state index contributed by atoms with van der Waals surface area (Å²) in [5.74, 6) is 0.0571. The van der Waals surface area contributed by atoms with E-state index in [-0.39, 0.29) is 35.8 Å². The van der Waals surface area contributed by atoms with Gasteiger partial charge in [-0.3, -0.25) is 14.5 Å². The lowest BCUT2D eigenvalue weighted by Gasteiger charge is -2.42. The maximum absolute atomic E-state index is 13.7. The molecule has 0 bridgehead atoms. The van der Waals surface area contributed by atoms with Crippen LogP contribution in [-0.2, 0) is 9.59 Å². The summed E-state index contributed by atoms with van der Waals surface area (Å²) in [4.78, 5) is 50.0. The van der Waals surface area contributed by atoms with Crippen molar-refractivity contribution in [2.45, 2.75) is 57.7 Å². The highest BCUT2D eigenvalue weighted by molar-refractivity contribution is 7.22. The SMILES string of the molecule is CC(C)c1ccc(NC(=O)N2CC[C@H]2C(=O)N2CC[C@H]3[C@H]2[C@H](C)C(=O)N3c2nc3ccccc3s2)cc1. The van der Waals surface area contributed by atoms with Crippen LogP contribution in [0.4, 0.5) is 15.6 Å². The summed E-state index contributed by atoms with van der Waals surface area (Å²) in [5.41, 5.74) is 2.81. The molecule has 37 heavy (non-hydrogen) atoms. The lowest BCUT2D eigenvalue weighted by Crippen LogP contribution is -2.61. The first kappa shape index (κ1) is 23.9. The average Bonchev–Trinajstić information content (AvgIpc) is 3.53. The van der Waals surface area contributed by atoms with Crippen molar-refractivity contribution < 1.29 is 14.4 Å². The molecule has 192 valence electrons. The molecule has 0 radical (unpaired) electrons. The van der Waals surface area contributed by atoms with Crippen molar-refractivity contribution in [2.24, 2.45) is 5.92 Å². The minimum atomic E-state index is -0.493. The van der Waals surface area contributed by atoms with Crippen molar-refractivity contribution >= 4 is 50.2 Å². The van der Waals surface area contributed by atoms with Gasteiger partial charge in [0.05, 0.1) is 28.2 Å². The molecular weight excluding hydrogens is 486 g/mol. The summed E-state index contributed by atoms with van der Waals surface area (Å²) < 4.78 is 1.04. The van der Waals surface area contributed by atoms with Gasteiger partial charge < -0.3 is 15.1 Å². The van der Waals surface area contributed by atoms with Crippen LogP contribution >= 0.6 is 11.3 Å². The molecule has 9 heteroatoms. The first-order chi connectivity index (χ1) is 17.8. The van der Waals surface area contributed by atoms with Gasteiger partial charge in [-0.1, -0.05) is 56.4 Å². The van der Waals surface area contributed by atoms with Crippen molar-refractivity contribution in [1.29, 1.82) is 0 Å². The topological polar surface area (TPSA) is 85.8 Å². The molecule has 3 aliphatic heterocycles. The second-order valence-electron chi connectivity index (χ2n) is 10.5. The summed E-state index contributed by atoms with van der Waals surface area (Å²) in [5, 5.41) is 3.64. The lowest BCUT2D eigenvalue weighted by atomic mass is 9.98. The zero-order valence-corrected chi connectivity index (χ0v) is 22.1. The van der Waals surface area contributed by atoms with E-state index < -0.39 is 6.04 Å². The molecule has 4 heterocycles. The second kappa shape index (κ2) is 9.13. The largest absolute Gasteiger partial charge is 0.335 e. The van der Waals surface area contributed by atoms with Crippen LogP contribution in [0.2, 0.25) is 0 Å². The van der Waals surface area contributed by atoms with E-state index in [1.165, 1.54) is 16.9 Å². The van der Waals surface area contributed by atoms with Gasteiger partial charge in [-0.05, 0) is 48.6 Å². The van der Waals surface area contributed by atoms with E-state index in [0.29, 0.717) is 37.0 Å². The van der Waals surface area contributed by atoms with Crippen LogP contribution < -0.4 is 10.2 Å². The van der Waals surface area contributed by atoms with Crippen molar-refractivity contribution in [1.82, 2.24) is 14.8 Å². The Hall–Kier alpha value is -3.46. The van der Waals surface area contributed by atoms with Crippen molar-refractivity contribution in [3.8, 4) is 0 Å². The molecule has 2 aromatic carbocycles. The zero-order valence-electron chi connectivity index (χ0n) is 21.3. The Morgan fingerprint density at radius 2 is 1.76 bits per heavy atom. The fourth-order valence-electron chi connectivity index (χ4n) is 5.89. The van der Waals surface area contributed by atoms with Gasteiger partial charge in [0, 0.05) is 18.8 Å². The summed E-state index contributed by atoms with van der Waals surface area (Å²) >= 11 is 1.52. The molecule has 4 atom stereocenters. The fraction of sp³-hybridized carbons (Fsp3) is 0.429. The summed E-state index contributed by atoms with van der Waals surface area (Å²) in [6.45, 7) is 7.29. The number of aromatic nitrogens is 1. The number of anilines is 2. The first-order valence-corrected chi connectivity index (χ1v) is 13.8. The predicted molar refractivity (Wildman–Crippen MR) is 145 cm³/mol. The number of hydrogen-bond donors (Lipinski definition) is 1. The third kappa shape index (κ3) is 3.96. The molecule has 0 aliphatic carbocycles. The minimum Gasteiger partial charge on any atom is -0.335 e. The number of carbonyl (C=O) groups excluding carboxylic acids is 3. The summed E-state index contributed by atoms with van der Waals surface area (Å²) in [6, 6.07) is 14.7. The molecular formula is C28H31N5O3S. The van der Waals surface area contributed by atoms with Gasteiger partial charge in [-0.2, -0.15) is 0 Å². The Morgan fingerprint density at radius 3 is 2.43 bits per heavy atom. The number of para-hydroxylation sites is 1. The van der Waals surface area contributed by atoms with E-state index in [4.69, 9.17) is 4.98 Å². The molecule has 1 aromatic heterocycles.